The molecular weight excluding hydrogens is 564 g/mol. The molecule has 1 saturated heterocycles. The molecule has 3 amide bonds. The molecule has 1 N–H and O–H groups in total. The molecule has 9 nitrogen and oxygen atoms in total. The number of amides is 3. The molecule has 0 bridgehead atoms. The fourth-order valence-corrected chi connectivity index (χ4v) is 7.51. The second-order valence-corrected chi connectivity index (χ2v) is 14.4. The van der Waals surface area contributed by atoms with Gasteiger partial charge in [-0.05, 0) is 84.3 Å². The molecule has 1 aromatic carbocycles. The number of para-hydroxylation sites is 1. The van der Waals surface area contributed by atoms with Crippen molar-refractivity contribution in [3.63, 3.8) is 0 Å². The molecule has 43 heavy (non-hydrogen) atoms. The zero-order valence-corrected chi connectivity index (χ0v) is 27.6. The number of thioether (sulfide) groups is 1. The highest BCUT2D eigenvalue weighted by atomic mass is 32.2. The van der Waals surface area contributed by atoms with Gasteiger partial charge in [0.25, 0.3) is 5.91 Å². The number of nitrogens with zero attached hydrogens (tertiary/aromatic N) is 3. The number of benzene rings is 1. The first-order chi connectivity index (χ1) is 20.4. The number of methoxy groups -OCH3 is 1. The number of hydrogen-bond donors (Lipinski definition) is 1. The van der Waals surface area contributed by atoms with Crippen LogP contribution in [0.25, 0.3) is 10.9 Å². The van der Waals surface area contributed by atoms with Gasteiger partial charge in [-0.2, -0.15) is 11.8 Å². The van der Waals surface area contributed by atoms with Gasteiger partial charge < -0.3 is 24.6 Å². The number of ether oxygens (including phenoxy) is 2. The highest BCUT2D eigenvalue weighted by molar-refractivity contribution is 7.99. The second-order valence-electron chi connectivity index (χ2n) is 13.0. The predicted octanol–water partition coefficient (Wildman–Crippen LogP) is 6.00. The van der Waals surface area contributed by atoms with E-state index in [0.29, 0.717) is 42.2 Å². The number of aromatic nitrogens is 1. The summed E-state index contributed by atoms with van der Waals surface area (Å²) in [7, 11) is 1.58. The maximum Gasteiger partial charge on any atom is 0.410 e. The summed E-state index contributed by atoms with van der Waals surface area (Å²) in [5.41, 5.74) is 1.75. The Morgan fingerprint density at radius 2 is 1.95 bits per heavy atom. The number of carbonyl (C=O) groups is 3. The fraction of sp³-hybridized carbons (Fsp3) is 0.636. The van der Waals surface area contributed by atoms with Crippen molar-refractivity contribution in [2.24, 2.45) is 0 Å². The van der Waals surface area contributed by atoms with Crippen LogP contribution in [0.1, 0.15) is 95.6 Å². The van der Waals surface area contributed by atoms with Crippen LogP contribution in [0.3, 0.4) is 0 Å². The van der Waals surface area contributed by atoms with Gasteiger partial charge >= 0.3 is 6.09 Å². The molecule has 236 valence electrons. The Bertz CT molecular complexity index is 1310. The SMILES string of the molecule is COc1cc2cccc(C3CCC(SCCNC(C)=O)C3)c2nc1C(=O)N(C(C)C)C1CCCN(C(=O)OC(C)(C)C)C1. The average molecular weight is 613 g/mol. The first-order valence-electron chi connectivity index (χ1n) is 15.5. The maximum absolute atomic E-state index is 14.3. The summed E-state index contributed by atoms with van der Waals surface area (Å²) in [6, 6.07) is 7.91. The van der Waals surface area contributed by atoms with Crippen LogP contribution in [0.5, 0.6) is 5.75 Å². The van der Waals surface area contributed by atoms with Gasteiger partial charge in [-0.1, -0.05) is 18.2 Å². The Morgan fingerprint density at radius 1 is 1.19 bits per heavy atom. The van der Waals surface area contributed by atoms with Crippen molar-refractivity contribution in [1.29, 1.82) is 0 Å². The summed E-state index contributed by atoms with van der Waals surface area (Å²) in [4.78, 5) is 47.0. The van der Waals surface area contributed by atoms with E-state index >= 15 is 0 Å². The molecule has 3 unspecified atom stereocenters. The Morgan fingerprint density at radius 3 is 2.63 bits per heavy atom. The molecule has 1 aliphatic heterocycles. The average Bonchev–Trinajstić information content (AvgIpc) is 3.42. The lowest BCUT2D eigenvalue weighted by Crippen LogP contribution is -2.54. The minimum atomic E-state index is -0.581. The Kier molecular flexibility index (Phi) is 10.8. The fourth-order valence-electron chi connectivity index (χ4n) is 6.29. The van der Waals surface area contributed by atoms with Crippen molar-refractivity contribution in [1.82, 2.24) is 20.1 Å². The number of piperidine rings is 1. The first kappa shape index (κ1) is 32.9. The number of pyridine rings is 1. The van der Waals surface area contributed by atoms with Gasteiger partial charge in [0.2, 0.25) is 5.91 Å². The number of nitrogens with one attached hydrogen (secondary N) is 1. The van der Waals surface area contributed by atoms with Crippen molar-refractivity contribution < 1.29 is 23.9 Å². The van der Waals surface area contributed by atoms with E-state index in [-0.39, 0.29) is 30.0 Å². The monoisotopic (exact) mass is 612 g/mol. The highest BCUT2D eigenvalue weighted by Crippen LogP contribution is 2.42. The third-order valence-electron chi connectivity index (χ3n) is 8.15. The van der Waals surface area contributed by atoms with Crippen molar-refractivity contribution in [3.8, 4) is 5.75 Å². The van der Waals surface area contributed by atoms with Crippen LogP contribution in [0, 0.1) is 0 Å². The summed E-state index contributed by atoms with van der Waals surface area (Å²) >= 11 is 1.92. The largest absolute Gasteiger partial charge is 0.494 e. The van der Waals surface area contributed by atoms with E-state index < -0.39 is 5.60 Å². The summed E-state index contributed by atoms with van der Waals surface area (Å²) < 4.78 is 11.4. The molecule has 2 aliphatic rings. The Hall–Kier alpha value is -3.01. The molecule has 0 radical (unpaired) electrons. The van der Waals surface area contributed by atoms with E-state index in [2.05, 4.69) is 17.4 Å². The molecule has 0 spiro atoms. The molecule has 3 atom stereocenters. The third-order valence-corrected chi connectivity index (χ3v) is 9.49. The molecule has 2 fully saturated rings. The zero-order valence-electron chi connectivity index (χ0n) is 26.8. The maximum atomic E-state index is 14.3. The molecule has 10 heteroatoms. The van der Waals surface area contributed by atoms with Gasteiger partial charge in [-0.15, -0.1) is 0 Å². The van der Waals surface area contributed by atoms with Crippen molar-refractivity contribution >= 4 is 40.6 Å². The van der Waals surface area contributed by atoms with Crippen LogP contribution >= 0.6 is 11.8 Å². The highest BCUT2D eigenvalue weighted by Gasteiger charge is 2.36. The van der Waals surface area contributed by atoms with Crippen LogP contribution in [0.4, 0.5) is 4.79 Å². The molecule has 1 saturated carbocycles. The van der Waals surface area contributed by atoms with E-state index in [1.807, 2.05) is 63.4 Å². The Labute approximate surface area is 260 Å². The molecule has 1 aromatic heterocycles. The third kappa shape index (κ3) is 8.34. The molecule has 2 aromatic rings. The number of hydrogen-bond acceptors (Lipinski definition) is 7. The van der Waals surface area contributed by atoms with Gasteiger partial charge in [-0.25, -0.2) is 9.78 Å². The summed E-state index contributed by atoms with van der Waals surface area (Å²) in [5, 5.41) is 4.37. The zero-order chi connectivity index (χ0) is 31.3. The normalized spacial score (nSPS) is 20.7. The quantitative estimate of drug-likeness (QED) is 0.347. The van der Waals surface area contributed by atoms with Crippen LogP contribution in [0.15, 0.2) is 24.3 Å². The van der Waals surface area contributed by atoms with Crippen molar-refractivity contribution in [2.45, 2.75) is 102 Å². The Balaban J connectivity index is 1.58. The second kappa shape index (κ2) is 14.2. The van der Waals surface area contributed by atoms with Crippen LogP contribution < -0.4 is 10.1 Å². The minimum absolute atomic E-state index is 0.00685. The summed E-state index contributed by atoms with van der Waals surface area (Å²) in [5.74, 6) is 1.54. The van der Waals surface area contributed by atoms with Gasteiger partial charge in [0.1, 0.15) is 5.60 Å². The van der Waals surface area contributed by atoms with Crippen LogP contribution in [0.2, 0.25) is 0 Å². The lowest BCUT2D eigenvalue weighted by atomic mass is 9.94. The van der Waals surface area contributed by atoms with E-state index in [4.69, 9.17) is 14.5 Å². The first-order valence-corrected chi connectivity index (χ1v) is 16.6. The topological polar surface area (TPSA) is 101 Å². The van der Waals surface area contributed by atoms with E-state index in [1.165, 1.54) is 5.56 Å². The predicted molar refractivity (Wildman–Crippen MR) is 172 cm³/mol. The van der Waals surface area contributed by atoms with Gasteiger partial charge in [0.15, 0.2) is 11.4 Å². The standard InChI is InChI=1S/C33H48N4O5S/c1-21(2)37(25-11-9-16-36(20-25)32(40)42-33(4,5)6)31(39)30-28(41-7)19-24-10-8-12-27(29(24)35-30)23-13-14-26(18-23)43-17-15-34-22(3)38/h8,10,12,19,21,23,25-26H,9,11,13-18,20H2,1-7H3,(H,34,38). The van der Waals surface area contributed by atoms with E-state index in [1.54, 1.807) is 18.9 Å². The van der Waals surface area contributed by atoms with Crippen LogP contribution in [-0.4, -0.2) is 88.1 Å². The minimum Gasteiger partial charge on any atom is -0.494 e. The van der Waals surface area contributed by atoms with Crippen LogP contribution in [-0.2, 0) is 9.53 Å². The van der Waals surface area contributed by atoms with Crippen molar-refractivity contribution in [2.75, 3.05) is 32.5 Å². The molecular formula is C33H48N4O5S. The molecule has 1 aliphatic carbocycles. The molecule has 2 heterocycles. The smallest absolute Gasteiger partial charge is 0.410 e. The van der Waals surface area contributed by atoms with E-state index in [9.17, 15) is 14.4 Å². The number of fused-ring (bicyclic) bond motifs is 1. The molecule has 4 rings (SSSR count). The number of rotatable bonds is 9. The summed E-state index contributed by atoms with van der Waals surface area (Å²) in [6.45, 7) is 12.9. The summed E-state index contributed by atoms with van der Waals surface area (Å²) in [6.07, 6.45) is 4.47. The van der Waals surface area contributed by atoms with Gasteiger partial charge in [0.05, 0.1) is 18.7 Å². The van der Waals surface area contributed by atoms with Gasteiger partial charge in [0, 0.05) is 49.0 Å². The van der Waals surface area contributed by atoms with Crippen molar-refractivity contribution in [3.05, 3.63) is 35.5 Å². The number of carbonyl (C=O) groups excluding carboxylic acids is 3. The lowest BCUT2D eigenvalue weighted by molar-refractivity contribution is -0.118. The van der Waals surface area contributed by atoms with Gasteiger partial charge in [-0.3, -0.25) is 9.59 Å². The number of likely N-dealkylation sites (tertiary alicyclic amines) is 1. The van der Waals surface area contributed by atoms with E-state index in [0.717, 1.165) is 48.8 Å². The lowest BCUT2D eigenvalue weighted by Gasteiger charge is -2.41.